The number of rotatable bonds is 7. The molecule has 0 radical (unpaired) electrons. The van der Waals surface area contributed by atoms with Gasteiger partial charge < -0.3 is 0 Å². The molecule has 0 saturated heterocycles. The van der Waals surface area contributed by atoms with Crippen molar-refractivity contribution in [3.63, 3.8) is 0 Å². The predicted molar refractivity (Wildman–Crippen MR) is 115 cm³/mol. The van der Waals surface area contributed by atoms with Gasteiger partial charge >= 0.3 is 0 Å². The van der Waals surface area contributed by atoms with Crippen LogP contribution in [0.25, 0.3) is 11.1 Å². The Morgan fingerprint density at radius 1 is 1.00 bits per heavy atom. The van der Waals surface area contributed by atoms with Crippen LogP contribution in [-0.4, -0.2) is 0 Å². The van der Waals surface area contributed by atoms with Gasteiger partial charge in [-0.1, -0.05) is 67.4 Å². The molecule has 0 bridgehead atoms. The molecular weight excluding hydrogens is 355 g/mol. The molecule has 27 heavy (non-hydrogen) atoms. The maximum absolute atomic E-state index is 13.6. The highest BCUT2D eigenvalue weighted by molar-refractivity contribution is 6.30. The molecule has 1 aliphatic carbocycles. The number of hydrogen-bond acceptors (Lipinski definition) is 0. The van der Waals surface area contributed by atoms with E-state index in [-0.39, 0.29) is 10.8 Å². The molecule has 0 amide bonds. The number of unbranched alkanes of at least 4 members (excludes halogenated alkanes) is 1. The summed E-state index contributed by atoms with van der Waals surface area (Å²) in [5.41, 5.74) is 3.28. The van der Waals surface area contributed by atoms with Crippen LogP contribution >= 0.6 is 11.6 Å². The fourth-order valence-corrected chi connectivity index (χ4v) is 4.15. The van der Waals surface area contributed by atoms with Gasteiger partial charge in [0.05, 0.1) is 5.02 Å². The predicted octanol–water partition coefficient (Wildman–Crippen LogP) is 8.24. The van der Waals surface area contributed by atoms with Crippen LogP contribution in [0, 0.1) is 17.7 Å². The van der Waals surface area contributed by atoms with Gasteiger partial charge in [0.15, 0.2) is 0 Å². The van der Waals surface area contributed by atoms with E-state index in [4.69, 9.17) is 11.6 Å². The van der Waals surface area contributed by atoms with E-state index < -0.39 is 0 Å². The molecule has 0 heterocycles. The lowest BCUT2D eigenvalue weighted by molar-refractivity contribution is 0.296. The van der Waals surface area contributed by atoms with E-state index in [2.05, 4.69) is 43.3 Å². The van der Waals surface area contributed by atoms with Crippen molar-refractivity contribution in [3.8, 4) is 11.1 Å². The van der Waals surface area contributed by atoms with Gasteiger partial charge in [-0.3, -0.25) is 0 Å². The Balaban J connectivity index is 1.47. The van der Waals surface area contributed by atoms with Crippen LogP contribution in [0.2, 0.25) is 5.02 Å². The first kappa shape index (κ1) is 20.1. The Bertz CT molecular complexity index is 739. The maximum atomic E-state index is 13.6. The van der Waals surface area contributed by atoms with E-state index in [1.54, 1.807) is 6.07 Å². The average Bonchev–Trinajstić information content (AvgIpc) is 2.70. The summed E-state index contributed by atoms with van der Waals surface area (Å²) >= 11 is 5.77. The van der Waals surface area contributed by atoms with Crippen molar-refractivity contribution in [1.29, 1.82) is 0 Å². The van der Waals surface area contributed by atoms with E-state index in [9.17, 15) is 4.39 Å². The molecule has 0 nitrogen and oxygen atoms in total. The third-order valence-corrected chi connectivity index (χ3v) is 6.11. The Labute approximate surface area is 168 Å². The summed E-state index contributed by atoms with van der Waals surface area (Å²) < 4.78 is 13.6. The number of halogens is 2. The van der Waals surface area contributed by atoms with Crippen LogP contribution in [-0.2, 0) is 6.42 Å². The maximum Gasteiger partial charge on any atom is 0.142 e. The molecule has 1 fully saturated rings. The summed E-state index contributed by atoms with van der Waals surface area (Å²) in [6.07, 6.45) is 15.1. The minimum Gasteiger partial charge on any atom is -0.205 e. The second-order valence-electron chi connectivity index (χ2n) is 7.86. The molecule has 3 rings (SSSR count). The molecule has 144 valence electrons. The first-order valence-corrected chi connectivity index (χ1v) is 10.7. The highest BCUT2D eigenvalue weighted by Crippen LogP contribution is 2.32. The zero-order chi connectivity index (χ0) is 19.1. The van der Waals surface area contributed by atoms with Crippen molar-refractivity contribution in [2.24, 2.45) is 11.8 Å². The van der Waals surface area contributed by atoms with Crippen molar-refractivity contribution in [2.75, 3.05) is 0 Å². The largest absolute Gasteiger partial charge is 0.205 e. The molecule has 0 aromatic heterocycles. The SMILES string of the molecule is CCCC=CC1CCC(CCc2ccc(-c3ccc(Cl)c(F)c3)cc2)CC1. The van der Waals surface area contributed by atoms with Gasteiger partial charge in [-0.05, 0) is 85.6 Å². The van der Waals surface area contributed by atoms with Crippen molar-refractivity contribution in [2.45, 2.75) is 58.3 Å². The zero-order valence-electron chi connectivity index (χ0n) is 16.3. The van der Waals surface area contributed by atoms with E-state index >= 15 is 0 Å². The number of aryl methyl sites for hydroxylation is 1. The fourth-order valence-electron chi connectivity index (χ4n) is 4.04. The summed E-state index contributed by atoms with van der Waals surface area (Å²) in [5, 5.41) is 0.172. The van der Waals surface area contributed by atoms with Crippen LogP contribution in [0.4, 0.5) is 4.39 Å². The zero-order valence-corrected chi connectivity index (χ0v) is 17.0. The second-order valence-corrected chi connectivity index (χ2v) is 8.27. The van der Waals surface area contributed by atoms with Crippen LogP contribution in [0.15, 0.2) is 54.6 Å². The van der Waals surface area contributed by atoms with Crippen molar-refractivity contribution in [1.82, 2.24) is 0 Å². The van der Waals surface area contributed by atoms with E-state index in [1.807, 2.05) is 6.07 Å². The van der Waals surface area contributed by atoms with Crippen molar-refractivity contribution >= 4 is 11.6 Å². The second kappa shape index (κ2) is 10.1. The molecule has 0 N–H and O–H groups in total. The van der Waals surface area contributed by atoms with Gasteiger partial charge in [-0.2, -0.15) is 0 Å². The van der Waals surface area contributed by atoms with Crippen LogP contribution in [0.5, 0.6) is 0 Å². The molecule has 2 heteroatoms. The molecule has 0 aliphatic heterocycles. The average molecular weight is 385 g/mol. The summed E-state index contributed by atoms with van der Waals surface area (Å²) in [6, 6.07) is 13.5. The van der Waals surface area contributed by atoms with Gasteiger partial charge in [-0.25, -0.2) is 4.39 Å². The Morgan fingerprint density at radius 3 is 2.37 bits per heavy atom. The monoisotopic (exact) mass is 384 g/mol. The highest BCUT2D eigenvalue weighted by atomic mass is 35.5. The number of hydrogen-bond donors (Lipinski definition) is 0. The first-order chi connectivity index (χ1) is 13.2. The fraction of sp³-hybridized carbons (Fsp3) is 0.440. The lowest BCUT2D eigenvalue weighted by Gasteiger charge is -2.26. The minimum atomic E-state index is -0.363. The van der Waals surface area contributed by atoms with Gasteiger partial charge in [0.1, 0.15) is 5.82 Å². The van der Waals surface area contributed by atoms with E-state index in [0.29, 0.717) is 0 Å². The highest BCUT2D eigenvalue weighted by Gasteiger charge is 2.19. The summed E-state index contributed by atoms with van der Waals surface area (Å²) in [6.45, 7) is 2.24. The molecule has 0 atom stereocenters. The van der Waals surface area contributed by atoms with E-state index in [1.165, 1.54) is 56.6 Å². The van der Waals surface area contributed by atoms with Gasteiger partial charge in [-0.15, -0.1) is 0 Å². The van der Waals surface area contributed by atoms with Gasteiger partial charge in [0.25, 0.3) is 0 Å². The summed E-state index contributed by atoms with van der Waals surface area (Å²) in [4.78, 5) is 0. The number of allylic oxidation sites excluding steroid dienone is 2. The van der Waals surface area contributed by atoms with Crippen molar-refractivity contribution < 1.29 is 4.39 Å². The molecule has 2 aromatic rings. The van der Waals surface area contributed by atoms with Crippen molar-refractivity contribution in [3.05, 3.63) is 71.0 Å². The third kappa shape index (κ3) is 5.94. The minimum absolute atomic E-state index is 0.172. The Morgan fingerprint density at radius 2 is 1.70 bits per heavy atom. The van der Waals surface area contributed by atoms with Crippen LogP contribution in [0.1, 0.15) is 57.4 Å². The van der Waals surface area contributed by atoms with Gasteiger partial charge in [0, 0.05) is 0 Å². The molecular formula is C25H30ClF. The molecule has 2 aromatic carbocycles. The quantitative estimate of drug-likeness (QED) is 0.421. The smallest absolute Gasteiger partial charge is 0.142 e. The summed E-state index contributed by atoms with van der Waals surface area (Å²) in [5.74, 6) is 1.32. The Kier molecular flexibility index (Phi) is 7.52. The summed E-state index contributed by atoms with van der Waals surface area (Å²) in [7, 11) is 0. The normalized spacial score (nSPS) is 20.3. The lowest BCUT2D eigenvalue weighted by Crippen LogP contribution is -2.13. The lowest BCUT2D eigenvalue weighted by atomic mass is 9.79. The Hall–Kier alpha value is -1.60. The van der Waals surface area contributed by atoms with Crippen LogP contribution < -0.4 is 0 Å². The topological polar surface area (TPSA) is 0 Å². The number of benzene rings is 2. The molecule has 1 saturated carbocycles. The molecule has 0 unspecified atom stereocenters. The van der Waals surface area contributed by atoms with E-state index in [0.717, 1.165) is 29.4 Å². The standard InChI is InChI=1S/C25H30ClF/c1-2-3-4-5-19-6-8-20(9-7-19)10-11-21-12-14-22(15-13-21)23-16-17-24(26)25(27)18-23/h4-5,12-20H,2-3,6-11H2,1H3. The van der Waals surface area contributed by atoms with Crippen LogP contribution in [0.3, 0.4) is 0 Å². The molecule has 0 spiro atoms. The third-order valence-electron chi connectivity index (χ3n) is 5.80. The van der Waals surface area contributed by atoms with Gasteiger partial charge in [0.2, 0.25) is 0 Å². The first-order valence-electron chi connectivity index (χ1n) is 10.4. The molecule has 1 aliphatic rings.